The van der Waals surface area contributed by atoms with Crippen LogP contribution in [-0.2, 0) is 6.54 Å². The van der Waals surface area contributed by atoms with Gasteiger partial charge in [-0.25, -0.2) is 4.98 Å². The van der Waals surface area contributed by atoms with Crippen molar-refractivity contribution >= 4 is 21.6 Å². The topological polar surface area (TPSA) is 64.9 Å². The van der Waals surface area contributed by atoms with Crippen LogP contribution in [0.15, 0.2) is 35.0 Å². The largest absolute Gasteiger partial charge is 0.457 e. The predicted octanol–water partition coefficient (Wildman–Crippen LogP) is 2.41. The van der Waals surface area contributed by atoms with Gasteiger partial charge in [-0.3, -0.25) is 4.98 Å². The van der Waals surface area contributed by atoms with Gasteiger partial charge in [0, 0.05) is 6.20 Å². The highest BCUT2D eigenvalue weighted by Crippen LogP contribution is 2.30. The highest BCUT2D eigenvalue weighted by Gasteiger charge is 2.09. The molecule has 0 amide bonds. The van der Waals surface area contributed by atoms with E-state index < -0.39 is 0 Å². The zero-order chi connectivity index (χ0) is 11.0. The van der Waals surface area contributed by atoms with Crippen molar-refractivity contribution in [2.75, 3.05) is 0 Å². The van der Waals surface area contributed by atoms with Crippen LogP contribution < -0.4 is 5.73 Å². The molecule has 80 valence electrons. The van der Waals surface area contributed by atoms with E-state index in [1.165, 1.54) is 0 Å². The Hall–Kier alpha value is -1.72. The van der Waals surface area contributed by atoms with Crippen LogP contribution in [0.4, 0.5) is 0 Å². The van der Waals surface area contributed by atoms with Crippen LogP contribution >= 0.6 is 11.3 Å². The standard InChI is InChI=1S/C11H9N3OS/c12-5-7-1-2-9(15-7)11-14-8-6-13-4-3-10(8)16-11/h1-4,6H,5,12H2. The molecule has 3 heterocycles. The van der Waals surface area contributed by atoms with Gasteiger partial charge in [0.25, 0.3) is 0 Å². The van der Waals surface area contributed by atoms with E-state index >= 15 is 0 Å². The van der Waals surface area contributed by atoms with Gasteiger partial charge in [0.05, 0.1) is 17.4 Å². The summed E-state index contributed by atoms with van der Waals surface area (Å²) in [5.41, 5.74) is 6.39. The van der Waals surface area contributed by atoms with Crippen molar-refractivity contribution in [2.24, 2.45) is 5.73 Å². The molecule has 3 aromatic rings. The Morgan fingerprint density at radius 1 is 1.31 bits per heavy atom. The van der Waals surface area contributed by atoms with Gasteiger partial charge < -0.3 is 10.2 Å². The van der Waals surface area contributed by atoms with Crippen molar-refractivity contribution in [3.8, 4) is 10.8 Å². The van der Waals surface area contributed by atoms with E-state index in [1.54, 1.807) is 23.7 Å². The summed E-state index contributed by atoms with van der Waals surface area (Å²) >= 11 is 1.59. The maximum atomic E-state index is 5.55. The molecule has 0 spiro atoms. The lowest BCUT2D eigenvalue weighted by molar-refractivity contribution is 0.525. The number of hydrogen-bond donors (Lipinski definition) is 1. The lowest BCUT2D eigenvalue weighted by atomic mass is 10.4. The lowest BCUT2D eigenvalue weighted by Crippen LogP contribution is -1.92. The smallest absolute Gasteiger partial charge is 0.163 e. The number of furan rings is 1. The molecule has 0 saturated heterocycles. The number of aromatic nitrogens is 2. The van der Waals surface area contributed by atoms with E-state index in [0.717, 1.165) is 26.7 Å². The number of fused-ring (bicyclic) bond motifs is 1. The zero-order valence-corrected chi connectivity index (χ0v) is 9.20. The summed E-state index contributed by atoms with van der Waals surface area (Å²) in [5.74, 6) is 1.54. The van der Waals surface area contributed by atoms with Crippen LogP contribution in [0.1, 0.15) is 5.76 Å². The summed E-state index contributed by atoms with van der Waals surface area (Å²) in [6.07, 6.45) is 3.51. The maximum Gasteiger partial charge on any atom is 0.163 e. The number of hydrogen-bond acceptors (Lipinski definition) is 5. The van der Waals surface area contributed by atoms with Crippen molar-refractivity contribution in [1.82, 2.24) is 9.97 Å². The third-order valence-electron chi connectivity index (χ3n) is 2.26. The van der Waals surface area contributed by atoms with Crippen molar-refractivity contribution < 1.29 is 4.42 Å². The van der Waals surface area contributed by atoms with Gasteiger partial charge in [-0.05, 0) is 18.2 Å². The normalized spacial score (nSPS) is 11.1. The Balaban J connectivity index is 2.11. The van der Waals surface area contributed by atoms with Crippen LogP contribution in [0.2, 0.25) is 0 Å². The van der Waals surface area contributed by atoms with Gasteiger partial charge >= 0.3 is 0 Å². The fourth-order valence-corrected chi connectivity index (χ4v) is 2.38. The Kier molecular flexibility index (Phi) is 2.19. The number of pyridine rings is 1. The van der Waals surface area contributed by atoms with Crippen LogP contribution in [0.25, 0.3) is 21.0 Å². The molecular weight excluding hydrogens is 222 g/mol. The predicted molar refractivity (Wildman–Crippen MR) is 63.0 cm³/mol. The second-order valence-electron chi connectivity index (χ2n) is 3.33. The summed E-state index contributed by atoms with van der Waals surface area (Å²) in [7, 11) is 0. The molecule has 0 fully saturated rings. The van der Waals surface area contributed by atoms with E-state index in [4.69, 9.17) is 10.2 Å². The minimum atomic E-state index is 0.409. The number of rotatable bonds is 2. The van der Waals surface area contributed by atoms with Crippen LogP contribution in [0, 0.1) is 0 Å². The second-order valence-corrected chi connectivity index (χ2v) is 4.36. The molecule has 0 bridgehead atoms. The highest BCUT2D eigenvalue weighted by atomic mass is 32.1. The first kappa shape index (κ1) is 9.50. The average Bonchev–Trinajstić information content (AvgIpc) is 2.95. The van der Waals surface area contributed by atoms with E-state index in [2.05, 4.69) is 9.97 Å². The van der Waals surface area contributed by atoms with Gasteiger partial charge in [0.15, 0.2) is 10.8 Å². The van der Waals surface area contributed by atoms with Crippen molar-refractivity contribution in [3.05, 3.63) is 36.4 Å². The average molecular weight is 231 g/mol. The minimum absolute atomic E-state index is 0.409. The summed E-state index contributed by atoms with van der Waals surface area (Å²) in [6.45, 7) is 0.409. The SMILES string of the molecule is NCc1ccc(-c2nc3cnccc3s2)o1. The summed E-state index contributed by atoms with van der Waals surface area (Å²) < 4.78 is 6.66. The van der Waals surface area contributed by atoms with Gasteiger partial charge in [0.1, 0.15) is 11.3 Å². The molecule has 4 nitrogen and oxygen atoms in total. The lowest BCUT2D eigenvalue weighted by Gasteiger charge is -1.88. The molecule has 0 aliphatic rings. The number of nitrogens with two attached hydrogens (primary N) is 1. The fraction of sp³-hybridized carbons (Fsp3) is 0.0909. The molecule has 3 aromatic heterocycles. The summed E-state index contributed by atoms with van der Waals surface area (Å²) in [6, 6.07) is 5.72. The molecule has 0 atom stereocenters. The Morgan fingerprint density at radius 3 is 3.00 bits per heavy atom. The first-order valence-electron chi connectivity index (χ1n) is 4.86. The molecule has 0 unspecified atom stereocenters. The first-order valence-corrected chi connectivity index (χ1v) is 5.68. The van der Waals surface area contributed by atoms with Gasteiger partial charge in [-0.15, -0.1) is 11.3 Å². The van der Waals surface area contributed by atoms with Crippen molar-refractivity contribution in [3.63, 3.8) is 0 Å². The van der Waals surface area contributed by atoms with Gasteiger partial charge in [-0.2, -0.15) is 0 Å². The summed E-state index contributed by atoms with van der Waals surface area (Å²) in [4.78, 5) is 8.49. The van der Waals surface area contributed by atoms with Crippen LogP contribution in [0.5, 0.6) is 0 Å². The fourth-order valence-electron chi connectivity index (χ4n) is 1.49. The van der Waals surface area contributed by atoms with Gasteiger partial charge in [-0.1, -0.05) is 0 Å². The quantitative estimate of drug-likeness (QED) is 0.735. The Bertz CT molecular complexity index is 596. The van der Waals surface area contributed by atoms with Crippen molar-refractivity contribution in [2.45, 2.75) is 6.54 Å². The first-order chi connectivity index (χ1) is 7.86. The third kappa shape index (κ3) is 1.50. The second kappa shape index (κ2) is 3.70. The molecule has 0 aliphatic carbocycles. The molecule has 16 heavy (non-hydrogen) atoms. The Morgan fingerprint density at radius 2 is 2.25 bits per heavy atom. The van der Waals surface area contributed by atoms with Crippen molar-refractivity contribution in [1.29, 1.82) is 0 Å². The molecule has 0 saturated carbocycles. The molecule has 0 aliphatic heterocycles. The molecule has 0 aromatic carbocycles. The molecule has 3 rings (SSSR count). The summed E-state index contributed by atoms with van der Waals surface area (Å²) in [5, 5.41) is 0.864. The molecular formula is C11H9N3OS. The minimum Gasteiger partial charge on any atom is -0.457 e. The maximum absolute atomic E-state index is 5.55. The molecule has 2 N–H and O–H groups in total. The number of nitrogens with zero attached hydrogens (tertiary/aromatic N) is 2. The van der Waals surface area contributed by atoms with Crippen LogP contribution in [0.3, 0.4) is 0 Å². The van der Waals surface area contributed by atoms with E-state index in [0.29, 0.717) is 6.54 Å². The van der Waals surface area contributed by atoms with E-state index in [9.17, 15) is 0 Å². The zero-order valence-electron chi connectivity index (χ0n) is 8.38. The monoisotopic (exact) mass is 231 g/mol. The van der Waals surface area contributed by atoms with Crippen LogP contribution in [-0.4, -0.2) is 9.97 Å². The number of thiazole rings is 1. The molecule has 0 radical (unpaired) electrons. The van der Waals surface area contributed by atoms with Gasteiger partial charge in [0.2, 0.25) is 0 Å². The van der Waals surface area contributed by atoms with E-state index in [-0.39, 0.29) is 0 Å². The molecule has 5 heteroatoms. The van der Waals surface area contributed by atoms with E-state index in [1.807, 2.05) is 18.2 Å². The third-order valence-corrected chi connectivity index (χ3v) is 3.31. The highest BCUT2D eigenvalue weighted by molar-refractivity contribution is 7.21. The Labute approximate surface area is 95.7 Å².